The van der Waals surface area contributed by atoms with E-state index in [4.69, 9.17) is 5.73 Å². The van der Waals surface area contributed by atoms with Crippen molar-refractivity contribution in [1.29, 1.82) is 0 Å². The summed E-state index contributed by atoms with van der Waals surface area (Å²) in [5.74, 6) is -2.65. The predicted molar refractivity (Wildman–Crippen MR) is 60.1 cm³/mol. The van der Waals surface area contributed by atoms with Gasteiger partial charge in [0.05, 0.1) is 5.57 Å². The minimum absolute atomic E-state index is 0.0502. The summed E-state index contributed by atoms with van der Waals surface area (Å²) in [5, 5.41) is 0. The summed E-state index contributed by atoms with van der Waals surface area (Å²) in [6.45, 7) is 0.166. The molecule has 1 aromatic rings. The minimum Gasteiger partial charge on any atom is -0.329 e. The van der Waals surface area contributed by atoms with Crippen molar-refractivity contribution in [3.63, 3.8) is 0 Å². The number of amides is 2. The van der Waals surface area contributed by atoms with E-state index >= 15 is 0 Å². The Balaban J connectivity index is 2.41. The van der Waals surface area contributed by atoms with E-state index in [0.717, 1.165) is 29.2 Å². The largest absolute Gasteiger partial charge is 0.329 e. The van der Waals surface area contributed by atoms with Crippen LogP contribution >= 0.6 is 0 Å². The van der Waals surface area contributed by atoms with E-state index in [9.17, 15) is 18.4 Å². The maximum atomic E-state index is 13.5. The molecule has 94 valence electrons. The number of benzene rings is 1. The van der Waals surface area contributed by atoms with Gasteiger partial charge in [-0.15, -0.1) is 0 Å². The molecular weight excluding hydrogens is 242 g/mol. The van der Waals surface area contributed by atoms with Crippen molar-refractivity contribution >= 4 is 17.4 Å². The summed E-state index contributed by atoms with van der Waals surface area (Å²) in [4.78, 5) is 24.3. The number of nitrogens with two attached hydrogens (primary N) is 1. The first kappa shape index (κ1) is 12.4. The number of rotatable bonds is 3. The fraction of sp³-hybridized carbons (Fsp3) is 0.167. The summed E-state index contributed by atoms with van der Waals surface area (Å²) >= 11 is 0. The van der Waals surface area contributed by atoms with Crippen LogP contribution in [0.2, 0.25) is 0 Å². The third-order valence-corrected chi connectivity index (χ3v) is 2.58. The summed E-state index contributed by atoms with van der Waals surface area (Å²) < 4.78 is 26.6. The van der Waals surface area contributed by atoms with Crippen LogP contribution in [0.1, 0.15) is 5.56 Å². The van der Waals surface area contributed by atoms with E-state index in [-0.39, 0.29) is 24.2 Å². The first-order valence-corrected chi connectivity index (χ1v) is 5.27. The van der Waals surface area contributed by atoms with E-state index in [1.165, 1.54) is 0 Å². The fourth-order valence-corrected chi connectivity index (χ4v) is 1.75. The molecule has 2 rings (SSSR count). The van der Waals surface area contributed by atoms with Gasteiger partial charge in [0.25, 0.3) is 11.8 Å². The second-order valence-electron chi connectivity index (χ2n) is 3.77. The Hall–Kier alpha value is -2.08. The molecular formula is C12H10F2N2O2. The van der Waals surface area contributed by atoms with Gasteiger partial charge >= 0.3 is 0 Å². The third kappa shape index (κ3) is 2.02. The molecule has 1 aromatic carbocycles. The standard InChI is InChI=1S/C12H10F2N2O2/c13-7-1-2-10(14)8(5-7)9-6-11(17)16(4-3-15)12(9)18/h1-2,5-6H,3-4,15H2. The lowest BCUT2D eigenvalue weighted by atomic mass is 10.1. The smallest absolute Gasteiger partial charge is 0.261 e. The van der Waals surface area contributed by atoms with Crippen LogP contribution in [0.5, 0.6) is 0 Å². The molecule has 2 N–H and O–H groups in total. The molecule has 0 radical (unpaired) electrons. The van der Waals surface area contributed by atoms with Gasteiger partial charge in [0.1, 0.15) is 11.6 Å². The molecule has 0 fully saturated rings. The molecule has 4 nitrogen and oxygen atoms in total. The fourth-order valence-electron chi connectivity index (χ4n) is 1.75. The predicted octanol–water partition coefficient (Wildman–Crippen LogP) is 0.676. The number of hydrogen-bond acceptors (Lipinski definition) is 3. The van der Waals surface area contributed by atoms with Gasteiger partial charge in [-0.3, -0.25) is 14.5 Å². The van der Waals surface area contributed by atoms with Crippen molar-refractivity contribution in [2.75, 3.05) is 13.1 Å². The molecule has 2 amide bonds. The van der Waals surface area contributed by atoms with Gasteiger partial charge in [-0.1, -0.05) is 0 Å². The maximum absolute atomic E-state index is 13.5. The van der Waals surface area contributed by atoms with Gasteiger partial charge in [0.15, 0.2) is 0 Å². The first-order valence-electron chi connectivity index (χ1n) is 5.27. The highest BCUT2D eigenvalue weighted by molar-refractivity contribution is 6.33. The minimum atomic E-state index is -0.751. The Labute approximate surface area is 102 Å². The number of nitrogens with zero attached hydrogens (tertiary/aromatic N) is 1. The average Bonchev–Trinajstić information content (AvgIpc) is 2.61. The number of carbonyl (C=O) groups is 2. The van der Waals surface area contributed by atoms with E-state index < -0.39 is 23.4 Å². The highest BCUT2D eigenvalue weighted by Crippen LogP contribution is 2.26. The molecule has 0 unspecified atom stereocenters. The third-order valence-electron chi connectivity index (χ3n) is 2.58. The molecule has 18 heavy (non-hydrogen) atoms. The summed E-state index contributed by atoms with van der Waals surface area (Å²) in [6.07, 6.45) is 0.996. The van der Waals surface area contributed by atoms with Crippen molar-refractivity contribution in [2.45, 2.75) is 0 Å². The molecule has 0 atom stereocenters. The normalized spacial score (nSPS) is 15.3. The lowest BCUT2D eigenvalue weighted by Gasteiger charge is -2.13. The second kappa shape index (κ2) is 4.66. The number of imide groups is 1. The van der Waals surface area contributed by atoms with Crippen LogP contribution in [-0.2, 0) is 9.59 Å². The maximum Gasteiger partial charge on any atom is 0.261 e. The molecule has 0 aromatic heterocycles. The summed E-state index contributed by atoms with van der Waals surface area (Å²) in [5.41, 5.74) is 4.90. The van der Waals surface area contributed by atoms with Crippen molar-refractivity contribution in [2.24, 2.45) is 5.73 Å². The van der Waals surface area contributed by atoms with E-state index in [0.29, 0.717) is 0 Å². The van der Waals surface area contributed by atoms with E-state index in [1.807, 2.05) is 0 Å². The zero-order chi connectivity index (χ0) is 13.3. The van der Waals surface area contributed by atoms with E-state index in [2.05, 4.69) is 0 Å². The molecule has 0 aliphatic carbocycles. The van der Waals surface area contributed by atoms with Crippen LogP contribution < -0.4 is 5.73 Å². The Bertz CT molecular complexity index is 555. The number of carbonyl (C=O) groups excluding carboxylic acids is 2. The molecule has 0 saturated carbocycles. The topological polar surface area (TPSA) is 63.4 Å². The molecule has 0 saturated heterocycles. The van der Waals surface area contributed by atoms with Crippen LogP contribution in [-0.4, -0.2) is 29.8 Å². The highest BCUT2D eigenvalue weighted by atomic mass is 19.1. The van der Waals surface area contributed by atoms with Crippen molar-refractivity contribution in [1.82, 2.24) is 4.90 Å². The first-order chi connectivity index (χ1) is 8.54. The zero-order valence-corrected chi connectivity index (χ0v) is 9.32. The van der Waals surface area contributed by atoms with Crippen LogP contribution in [0, 0.1) is 11.6 Å². The van der Waals surface area contributed by atoms with E-state index in [1.54, 1.807) is 0 Å². The van der Waals surface area contributed by atoms with Gasteiger partial charge in [-0.2, -0.15) is 0 Å². The van der Waals surface area contributed by atoms with Crippen LogP contribution in [0.25, 0.3) is 5.57 Å². The quantitative estimate of drug-likeness (QED) is 0.804. The Morgan fingerprint density at radius 1 is 1.22 bits per heavy atom. The van der Waals surface area contributed by atoms with Crippen LogP contribution in [0.3, 0.4) is 0 Å². The lowest BCUT2D eigenvalue weighted by molar-refractivity contribution is -0.136. The van der Waals surface area contributed by atoms with Gasteiger partial charge in [-0.05, 0) is 18.2 Å². The Morgan fingerprint density at radius 3 is 2.61 bits per heavy atom. The Morgan fingerprint density at radius 2 is 1.94 bits per heavy atom. The van der Waals surface area contributed by atoms with Crippen LogP contribution in [0.15, 0.2) is 24.3 Å². The average molecular weight is 252 g/mol. The number of halogens is 2. The van der Waals surface area contributed by atoms with Gasteiger partial charge < -0.3 is 5.73 Å². The zero-order valence-electron chi connectivity index (χ0n) is 9.32. The highest BCUT2D eigenvalue weighted by Gasteiger charge is 2.32. The monoisotopic (exact) mass is 252 g/mol. The van der Waals surface area contributed by atoms with Gasteiger partial charge in [0, 0.05) is 24.7 Å². The summed E-state index contributed by atoms with van der Waals surface area (Å²) in [6, 6.07) is 2.74. The number of hydrogen-bond donors (Lipinski definition) is 1. The van der Waals surface area contributed by atoms with Crippen molar-refractivity contribution in [3.05, 3.63) is 41.5 Å². The lowest BCUT2D eigenvalue weighted by Crippen LogP contribution is -2.35. The van der Waals surface area contributed by atoms with Gasteiger partial charge in [0.2, 0.25) is 0 Å². The molecule has 1 aliphatic rings. The van der Waals surface area contributed by atoms with Crippen molar-refractivity contribution in [3.8, 4) is 0 Å². The molecule has 1 heterocycles. The molecule has 6 heteroatoms. The van der Waals surface area contributed by atoms with Crippen molar-refractivity contribution < 1.29 is 18.4 Å². The summed E-state index contributed by atoms with van der Waals surface area (Å²) in [7, 11) is 0. The molecule has 0 spiro atoms. The molecule has 0 bridgehead atoms. The van der Waals surface area contributed by atoms with Crippen LogP contribution in [0.4, 0.5) is 8.78 Å². The second-order valence-corrected chi connectivity index (χ2v) is 3.77. The van der Waals surface area contributed by atoms with Gasteiger partial charge in [-0.25, -0.2) is 8.78 Å². The molecule has 1 aliphatic heterocycles. The SMILES string of the molecule is NCCN1C(=O)C=C(c2cc(F)ccc2F)C1=O. The Kier molecular flexibility index (Phi) is 3.20.